The Bertz CT molecular complexity index is 819. The summed E-state index contributed by atoms with van der Waals surface area (Å²) in [4.78, 5) is 34.2. The Labute approximate surface area is 162 Å². The van der Waals surface area contributed by atoms with Gasteiger partial charge in [0.2, 0.25) is 5.91 Å². The minimum absolute atomic E-state index is 0.0365. The van der Waals surface area contributed by atoms with Gasteiger partial charge in [0.25, 0.3) is 0 Å². The van der Waals surface area contributed by atoms with E-state index < -0.39 is 12.0 Å². The summed E-state index contributed by atoms with van der Waals surface area (Å²) in [5.41, 5.74) is 1.91. The fraction of sp³-hybridized carbons (Fsp3) is 0.550. The lowest BCUT2D eigenvalue weighted by molar-refractivity contribution is -0.148. The molecule has 2 aromatic rings. The molecular formula is C20H25N3O3S. The van der Waals surface area contributed by atoms with Crippen LogP contribution in [0, 0.1) is 5.92 Å². The molecule has 2 aliphatic rings. The third-order valence-electron chi connectivity index (χ3n) is 5.91. The molecule has 0 radical (unpaired) electrons. The number of carboxylic acids is 1. The summed E-state index contributed by atoms with van der Waals surface area (Å²) in [6, 6.07) is 7.31. The number of thioether (sulfide) groups is 1. The van der Waals surface area contributed by atoms with E-state index >= 15 is 0 Å². The third kappa shape index (κ3) is 3.57. The van der Waals surface area contributed by atoms with Crippen LogP contribution in [0.3, 0.4) is 0 Å². The molecule has 27 heavy (non-hydrogen) atoms. The van der Waals surface area contributed by atoms with Crippen molar-refractivity contribution < 1.29 is 14.7 Å². The van der Waals surface area contributed by atoms with Crippen molar-refractivity contribution in [1.82, 2.24) is 14.9 Å². The molecule has 4 unspecified atom stereocenters. The largest absolute Gasteiger partial charge is 0.480 e. The highest BCUT2D eigenvalue weighted by Gasteiger charge is 2.47. The molecule has 1 aliphatic heterocycles. The maximum absolute atomic E-state index is 12.9. The lowest BCUT2D eigenvalue weighted by atomic mass is 9.85. The Morgan fingerprint density at radius 1 is 1.33 bits per heavy atom. The van der Waals surface area contributed by atoms with Gasteiger partial charge in [0, 0.05) is 6.04 Å². The Morgan fingerprint density at radius 2 is 2.11 bits per heavy atom. The minimum Gasteiger partial charge on any atom is -0.480 e. The number of nitrogens with zero attached hydrogens (tertiary/aromatic N) is 2. The third-order valence-corrected chi connectivity index (χ3v) is 7.05. The zero-order valence-corrected chi connectivity index (χ0v) is 16.2. The molecule has 7 heteroatoms. The smallest absolute Gasteiger partial charge is 0.326 e. The number of aromatic amines is 1. The topological polar surface area (TPSA) is 86.3 Å². The lowest BCUT2D eigenvalue weighted by Gasteiger charge is -2.33. The van der Waals surface area contributed by atoms with Crippen LogP contribution in [0.15, 0.2) is 24.3 Å². The van der Waals surface area contributed by atoms with Crippen molar-refractivity contribution in [3.8, 4) is 0 Å². The number of rotatable bonds is 5. The number of carbonyl (C=O) groups is 2. The van der Waals surface area contributed by atoms with Crippen LogP contribution in [0.4, 0.5) is 0 Å². The Kier molecular flexibility index (Phi) is 5.12. The Balaban J connectivity index is 1.43. The van der Waals surface area contributed by atoms with Crippen molar-refractivity contribution in [3.05, 3.63) is 30.1 Å². The van der Waals surface area contributed by atoms with E-state index in [2.05, 4.69) is 9.97 Å². The van der Waals surface area contributed by atoms with Crippen molar-refractivity contribution in [2.75, 3.05) is 5.75 Å². The average Bonchev–Trinajstić information content (AvgIpc) is 3.27. The molecule has 2 fully saturated rings. The number of para-hydroxylation sites is 2. The summed E-state index contributed by atoms with van der Waals surface area (Å²) in [7, 11) is 0. The van der Waals surface area contributed by atoms with E-state index in [0.29, 0.717) is 12.3 Å². The number of benzene rings is 1. The number of hydrogen-bond acceptors (Lipinski definition) is 4. The standard InChI is InChI=1S/C20H25N3O3S/c1-12(19-21-14-7-3-4-8-15(14)22-19)27-11-18(24)23-16-9-5-2-6-13(16)10-17(23)20(25)26/h3-4,7-8,12-13,16-17H,2,5-6,9-11H2,1H3,(H,21,22)(H,25,26). The van der Waals surface area contributed by atoms with Crippen LogP contribution in [-0.4, -0.2) is 49.7 Å². The van der Waals surface area contributed by atoms with E-state index in [1.165, 1.54) is 11.8 Å². The highest BCUT2D eigenvalue weighted by molar-refractivity contribution is 8.00. The van der Waals surface area contributed by atoms with Gasteiger partial charge < -0.3 is 15.0 Å². The van der Waals surface area contributed by atoms with E-state index in [9.17, 15) is 14.7 Å². The fourth-order valence-electron chi connectivity index (χ4n) is 4.55. The van der Waals surface area contributed by atoms with Gasteiger partial charge in [-0.3, -0.25) is 4.79 Å². The van der Waals surface area contributed by atoms with Gasteiger partial charge in [0.15, 0.2) is 0 Å². The molecule has 2 heterocycles. The molecule has 6 nitrogen and oxygen atoms in total. The van der Waals surface area contributed by atoms with Crippen LogP contribution in [0.25, 0.3) is 11.0 Å². The molecule has 0 spiro atoms. The first kappa shape index (κ1) is 18.3. The van der Waals surface area contributed by atoms with E-state index in [0.717, 1.165) is 42.5 Å². The summed E-state index contributed by atoms with van der Waals surface area (Å²) in [6.45, 7) is 2.03. The van der Waals surface area contributed by atoms with Gasteiger partial charge in [0.1, 0.15) is 11.9 Å². The second kappa shape index (κ2) is 7.54. The maximum atomic E-state index is 12.9. The molecule has 4 atom stereocenters. The van der Waals surface area contributed by atoms with Crippen molar-refractivity contribution in [2.24, 2.45) is 5.92 Å². The predicted molar refractivity (Wildman–Crippen MR) is 106 cm³/mol. The lowest BCUT2D eigenvalue weighted by Crippen LogP contribution is -2.47. The molecule has 1 saturated heterocycles. The van der Waals surface area contributed by atoms with Gasteiger partial charge >= 0.3 is 5.97 Å². The van der Waals surface area contributed by atoms with Crippen LogP contribution in [0.5, 0.6) is 0 Å². The SMILES string of the molecule is CC(SCC(=O)N1C(C(=O)O)CC2CCCCC21)c1nc2ccccc2[nH]1. The number of fused-ring (bicyclic) bond motifs is 2. The minimum atomic E-state index is -0.868. The first-order chi connectivity index (χ1) is 13.0. The predicted octanol–water partition coefficient (Wildman–Crippen LogP) is 3.60. The molecule has 1 amide bonds. The molecule has 1 saturated carbocycles. The number of carboxylic acid groups (broad SMARTS) is 1. The van der Waals surface area contributed by atoms with Crippen LogP contribution < -0.4 is 0 Å². The molecule has 1 aromatic heterocycles. The number of hydrogen-bond donors (Lipinski definition) is 2. The molecule has 1 aromatic carbocycles. The zero-order chi connectivity index (χ0) is 19.0. The number of H-pyrrole nitrogens is 1. The average molecular weight is 388 g/mol. The van der Waals surface area contributed by atoms with Crippen LogP contribution in [0.2, 0.25) is 0 Å². The molecule has 144 valence electrons. The Hall–Kier alpha value is -2.02. The Morgan fingerprint density at radius 3 is 2.89 bits per heavy atom. The molecular weight excluding hydrogens is 362 g/mol. The number of carbonyl (C=O) groups excluding carboxylic acids is 1. The monoisotopic (exact) mass is 387 g/mol. The summed E-state index contributed by atoms with van der Waals surface area (Å²) >= 11 is 1.51. The van der Waals surface area contributed by atoms with Gasteiger partial charge in [-0.25, -0.2) is 9.78 Å². The number of imidazole rings is 1. The fourth-order valence-corrected chi connectivity index (χ4v) is 5.37. The summed E-state index contributed by atoms with van der Waals surface area (Å²) in [6.07, 6.45) is 4.81. The highest BCUT2D eigenvalue weighted by atomic mass is 32.2. The van der Waals surface area contributed by atoms with Crippen LogP contribution in [-0.2, 0) is 9.59 Å². The van der Waals surface area contributed by atoms with Gasteiger partial charge in [-0.1, -0.05) is 25.0 Å². The number of nitrogens with one attached hydrogen (secondary N) is 1. The van der Waals surface area contributed by atoms with Crippen molar-refractivity contribution in [3.63, 3.8) is 0 Å². The second-order valence-electron chi connectivity index (χ2n) is 7.60. The summed E-state index contributed by atoms with van der Waals surface area (Å²) in [5, 5.41) is 9.64. The first-order valence-electron chi connectivity index (χ1n) is 9.65. The summed E-state index contributed by atoms with van der Waals surface area (Å²) < 4.78 is 0. The quantitative estimate of drug-likeness (QED) is 0.819. The molecule has 2 N–H and O–H groups in total. The number of amides is 1. The van der Waals surface area contributed by atoms with Crippen molar-refractivity contribution >= 4 is 34.7 Å². The highest BCUT2D eigenvalue weighted by Crippen LogP contribution is 2.40. The molecule has 0 bridgehead atoms. The van der Waals surface area contributed by atoms with Gasteiger partial charge in [-0.05, 0) is 44.2 Å². The van der Waals surface area contributed by atoms with Gasteiger partial charge in [-0.15, -0.1) is 11.8 Å². The summed E-state index contributed by atoms with van der Waals surface area (Å²) in [5.74, 6) is 0.561. The van der Waals surface area contributed by atoms with Crippen LogP contribution in [0.1, 0.15) is 50.1 Å². The van der Waals surface area contributed by atoms with Gasteiger partial charge in [-0.2, -0.15) is 0 Å². The maximum Gasteiger partial charge on any atom is 0.326 e. The number of aromatic nitrogens is 2. The van der Waals surface area contributed by atoms with E-state index in [4.69, 9.17) is 0 Å². The van der Waals surface area contributed by atoms with E-state index in [-0.39, 0.29) is 23.0 Å². The van der Waals surface area contributed by atoms with E-state index in [1.807, 2.05) is 31.2 Å². The van der Waals surface area contributed by atoms with Crippen LogP contribution >= 0.6 is 11.8 Å². The zero-order valence-electron chi connectivity index (χ0n) is 15.4. The van der Waals surface area contributed by atoms with E-state index in [1.54, 1.807) is 4.90 Å². The van der Waals surface area contributed by atoms with Gasteiger partial charge in [0.05, 0.1) is 22.0 Å². The van der Waals surface area contributed by atoms with Crippen molar-refractivity contribution in [2.45, 2.75) is 56.4 Å². The first-order valence-corrected chi connectivity index (χ1v) is 10.7. The molecule has 1 aliphatic carbocycles. The normalized spacial score (nSPS) is 26.1. The number of aliphatic carboxylic acids is 1. The van der Waals surface area contributed by atoms with Crippen molar-refractivity contribution in [1.29, 1.82) is 0 Å². The molecule has 4 rings (SSSR count). The second-order valence-corrected chi connectivity index (χ2v) is 8.92. The number of likely N-dealkylation sites (tertiary alicyclic amines) is 1.